The molecule has 19 heavy (non-hydrogen) atoms. The minimum absolute atomic E-state index is 0.140. The second-order valence-corrected chi connectivity index (χ2v) is 5.09. The van der Waals surface area contributed by atoms with E-state index in [9.17, 15) is 10.1 Å². The zero-order valence-corrected chi connectivity index (χ0v) is 11.3. The third-order valence-electron chi connectivity index (χ3n) is 3.79. The fourth-order valence-corrected chi connectivity index (χ4v) is 2.73. The molecular weight excluding hydrogens is 242 g/mol. The molecule has 0 atom stereocenters. The SMILES string of the molecule is CNc1cccc(NCC2CCCCC2)c1[N+](=O)[O-]. The molecule has 1 aliphatic carbocycles. The lowest BCUT2D eigenvalue weighted by molar-refractivity contribution is -0.383. The highest BCUT2D eigenvalue weighted by molar-refractivity contribution is 5.75. The second-order valence-electron chi connectivity index (χ2n) is 5.09. The lowest BCUT2D eigenvalue weighted by Gasteiger charge is -2.22. The molecule has 0 bridgehead atoms. The number of anilines is 2. The first-order valence-corrected chi connectivity index (χ1v) is 6.91. The summed E-state index contributed by atoms with van der Waals surface area (Å²) in [6.07, 6.45) is 6.35. The van der Waals surface area contributed by atoms with E-state index in [4.69, 9.17) is 0 Å². The van der Waals surface area contributed by atoms with Crippen LogP contribution in [0.5, 0.6) is 0 Å². The maximum Gasteiger partial charge on any atom is 0.315 e. The van der Waals surface area contributed by atoms with E-state index in [1.54, 1.807) is 19.2 Å². The maximum atomic E-state index is 11.2. The van der Waals surface area contributed by atoms with Crippen molar-refractivity contribution in [2.75, 3.05) is 24.2 Å². The molecule has 1 aromatic rings. The molecule has 0 aliphatic heterocycles. The van der Waals surface area contributed by atoms with Crippen LogP contribution < -0.4 is 10.6 Å². The lowest BCUT2D eigenvalue weighted by Crippen LogP contribution is -2.17. The number of benzene rings is 1. The highest BCUT2D eigenvalue weighted by atomic mass is 16.6. The first kappa shape index (κ1) is 13.6. The van der Waals surface area contributed by atoms with Crippen molar-refractivity contribution in [3.63, 3.8) is 0 Å². The normalized spacial score (nSPS) is 16.1. The number of hydrogen-bond acceptors (Lipinski definition) is 4. The summed E-state index contributed by atoms with van der Waals surface area (Å²) < 4.78 is 0. The van der Waals surface area contributed by atoms with Crippen LogP contribution in [-0.2, 0) is 0 Å². The lowest BCUT2D eigenvalue weighted by atomic mass is 9.89. The summed E-state index contributed by atoms with van der Waals surface area (Å²) in [7, 11) is 1.70. The van der Waals surface area contributed by atoms with Gasteiger partial charge in [0.2, 0.25) is 0 Å². The molecule has 2 N–H and O–H groups in total. The van der Waals surface area contributed by atoms with E-state index in [0.29, 0.717) is 17.3 Å². The number of hydrogen-bond donors (Lipinski definition) is 2. The van der Waals surface area contributed by atoms with Crippen molar-refractivity contribution < 1.29 is 4.92 Å². The maximum absolute atomic E-state index is 11.2. The Labute approximate surface area is 113 Å². The Hall–Kier alpha value is -1.78. The van der Waals surface area contributed by atoms with E-state index in [2.05, 4.69) is 10.6 Å². The Bertz CT molecular complexity index is 442. The highest BCUT2D eigenvalue weighted by Gasteiger charge is 2.20. The number of para-hydroxylation sites is 1. The molecule has 1 aliphatic rings. The van der Waals surface area contributed by atoms with Gasteiger partial charge in [0.15, 0.2) is 0 Å². The van der Waals surface area contributed by atoms with Crippen molar-refractivity contribution in [1.82, 2.24) is 0 Å². The standard InChI is InChI=1S/C14H21N3O2/c1-15-12-8-5-9-13(14(12)17(18)19)16-10-11-6-3-2-4-7-11/h5,8-9,11,15-16H,2-4,6-7,10H2,1H3. The summed E-state index contributed by atoms with van der Waals surface area (Å²) in [6, 6.07) is 5.34. The number of nitro benzene ring substituents is 1. The summed E-state index contributed by atoms with van der Waals surface area (Å²) in [5.74, 6) is 0.645. The quantitative estimate of drug-likeness (QED) is 0.629. The predicted molar refractivity (Wildman–Crippen MR) is 77.7 cm³/mol. The Morgan fingerprint density at radius 2 is 1.95 bits per heavy atom. The van der Waals surface area contributed by atoms with Gasteiger partial charge in [-0.25, -0.2) is 0 Å². The molecule has 0 unspecified atom stereocenters. The van der Waals surface area contributed by atoms with Crippen LogP contribution in [0.3, 0.4) is 0 Å². The summed E-state index contributed by atoms with van der Waals surface area (Å²) in [5, 5.41) is 17.3. The van der Waals surface area contributed by atoms with Gasteiger partial charge in [0.1, 0.15) is 11.4 Å². The molecule has 5 heteroatoms. The molecule has 1 aromatic carbocycles. The van der Waals surface area contributed by atoms with Gasteiger partial charge >= 0.3 is 5.69 Å². The predicted octanol–water partition coefficient (Wildman–Crippen LogP) is 3.63. The molecule has 1 fully saturated rings. The van der Waals surface area contributed by atoms with Gasteiger partial charge in [-0.3, -0.25) is 10.1 Å². The molecule has 0 radical (unpaired) electrons. The smallest absolute Gasteiger partial charge is 0.315 e. The largest absolute Gasteiger partial charge is 0.382 e. The first-order valence-electron chi connectivity index (χ1n) is 6.91. The number of rotatable bonds is 5. The Balaban J connectivity index is 2.08. The molecule has 1 saturated carbocycles. The number of nitrogens with zero attached hydrogens (tertiary/aromatic N) is 1. The van der Waals surface area contributed by atoms with Crippen molar-refractivity contribution in [2.45, 2.75) is 32.1 Å². The van der Waals surface area contributed by atoms with Crippen molar-refractivity contribution in [3.8, 4) is 0 Å². The minimum atomic E-state index is -0.324. The molecule has 0 amide bonds. The van der Waals surface area contributed by atoms with Crippen LogP contribution in [0.4, 0.5) is 17.1 Å². The highest BCUT2D eigenvalue weighted by Crippen LogP contribution is 2.33. The fourth-order valence-electron chi connectivity index (χ4n) is 2.73. The zero-order chi connectivity index (χ0) is 13.7. The molecule has 2 rings (SSSR count). The second kappa shape index (κ2) is 6.41. The van der Waals surface area contributed by atoms with E-state index in [1.807, 2.05) is 6.07 Å². The van der Waals surface area contributed by atoms with Gasteiger partial charge in [-0.1, -0.05) is 25.3 Å². The van der Waals surface area contributed by atoms with E-state index >= 15 is 0 Å². The Kier molecular flexibility index (Phi) is 4.60. The van der Waals surface area contributed by atoms with Gasteiger partial charge in [-0.15, -0.1) is 0 Å². The summed E-state index contributed by atoms with van der Waals surface area (Å²) >= 11 is 0. The Morgan fingerprint density at radius 1 is 1.26 bits per heavy atom. The van der Waals surface area contributed by atoms with Crippen LogP contribution in [0.15, 0.2) is 18.2 Å². The van der Waals surface area contributed by atoms with E-state index in [1.165, 1.54) is 32.1 Å². The third-order valence-corrected chi connectivity index (χ3v) is 3.79. The van der Waals surface area contributed by atoms with Crippen LogP contribution >= 0.6 is 0 Å². The molecule has 104 valence electrons. The molecule has 0 heterocycles. The minimum Gasteiger partial charge on any atom is -0.382 e. The van der Waals surface area contributed by atoms with Crippen LogP contribution in [0, 0.1) is 16.0 Å². The van der Waals surface area contributed by atoms with Gasteiger partial charge in [0.25, 0.3) is 0 Å². The van der Waals surface area contributed by atoms with Crippen molar-refractivity contribution in [2.24, 2.45) is 5.92 Å². The topological polar surface area (TPSA) is 67.2 Å². The van der Waals surface area contributed by atoms with E-state index in [0.717, 1.165) is 6.54 Å². The molecule has 0 saturated heterocycles. The first-order chi connectivity index (χ1) is 9.22. The van der Waals surface area contributed by atoms with Crippen molar-refractivity contribution in [1.29, 1.82) is 0 Å². The van der Waals surface area contributed by atoms with Crippen LogP contribution in [0.1, 0.15) is 32.1 Å². The molecule has 0 aromatic heterocycles. The van der Waals surface area contributed by atoms with Gasteiger partial charge in [-0.05, 0) is 30.9 Å². The average molecular weight is 263 g/mol. The summed E-state index contributed by atoms with van der Waals surface area (Å²) in [4.78, 5) is 10.9. The van der Waals surface area contributed by atoms with Crippen molar-refractivity contribution >= 4 is 17.1 Å². The molecule has 0 spiro atoms. The van der Waals surface area contributed by atoms with Gasteiger partial charge in [0.05, 0.1) is 4.92 Å². The van der Waals surface area contributed by atoms with E-state index in [-0.39, 0.29) is 10.6 Å². The number of nitro groups is 1. The molecular formula is C14H21N3O2. The van der Waals surface area contributed by atoms with E-state index < -0.39 is 0 Å². The van der Waals surface area contributed by atoms with Crippen LogP contribution in [0.25, 0.3) is 0 Å². The molecule has 5 nitrogen and oxygen atoms in total. The average Bonchev–Trinajstić information content (AvgIpc) is 2.45. The Morgan fingerprint density at radius 3 is 2.58 bits per heavy atom. The fraction of sp³-hybridized carbons (Fsp3) is 0.571. The zero-order valence-electron chi connectivity index (χ0n) is 11.3. The van der Waals surface area contributed by atoms with Crippen LogP contribution in [-0.4, -0.2) is 18.5 Å². The van der Waals surface area contributed by atoms with Gasteiger partial charge in [-0.2, -0.15) is 0 Å². The van der Waals surface area contributed by atoms with Crippen LogP contribution in [0.2, 0.25) is 0 Å². The third kappa shape index (κ3) is 3.36. The monoisotopic (exact) mass is 263 g/mol. The summed E-state index contributed by atoms with van der Waals surface area (Å²) in [5.41, 5.74) is 1.31. The summed E-state index contributed by atoms with van der Waals surface area (Å²) in [6.45, 7) is 0.827. The van der Waals surface area contributed by atoms with Crippen molar-refractivity contribution in [3.05, 3.63) is 28.3 Å². The van der Waals surface area contributed by atoms with Gasteiger partial charge in [0, 0.05) is 13.6 Å². The van der Waals surface area contributed by atoms with Gasteiger partial charge < -0.3 is 10.6 Å². The number of nitrogens with one attached hydrogen (secondary N) is 2.